The van der Waals surface area contributed by atoms with Gasteiger partial charge in [-0.1, -0.05) is 54.6 Å². The van der Waals surface area contributed by atoms with Crippen molar-refractivity contribution in [2.45, 2.75) is 12.8 Å². The first-order chi connectivity index (χ1) is 16.7. The molecule has 3 aromatic rings. The zero-order chi connectivity index (χ0) is 24.0. The minimum Gasteiger partial charge on any atom is -0.490 e. The van der Waals surface area contributed by atoms with E-state index >= 15 is 0 Å². The van der Waals surface area contributed by atoms with Gasteiger partial charge in [0, 0.05) is 18.7 Å². The number of hydrogen-bond acceptors (Lipinski definition) is 5. The lowest BCUT2D eigenvalue weighted by Gasteiger charge is -2.24. The summed E-state index contributed by atoms with van der Waals surface area (Å²) in [6, 6.07) is 28.6. The number of nitriles is 1. The van der Waals surface area contributed by atoms with Crippen molar-refractivity contribution in [3.63, 3.8) is 0 Å². The van der Waals surface area contributed by atoms with Crippen molar-refractivity contribution in [2.75, 3.05) is 26.3 Å². The van der Waals surface area contributed by atoms with Gasteiger partial charge in [0.25, 0.3) is 5.91 Å². The molecule has 0 atom stereocenters. The van der Waals surface area contributed by atoms with Crippen molar-refractivity contribution < 1.29 is 14.3 Å². The maximum atomic E-state index is 12.8. The molecule has 0 heterocycles. The van der Waals surface area contributed by atoms with Gasteiger partial charge in [0.2, 0.25) is 0 Å². The Bertz CT molecular complexity index is 1100. The quantitative estimate of drug-likeness (QED) is 0.324. The molecule has 0 aliphatic rings. The third kappa shape index (κ3) is 8.23. The van der Waals surface area contributed by atoms with Crippen LogP contribution in [-0.2, 0) is 6.42 Å². The summed E-state index contributed by atoms with van der Waals surface area (Å²) in [4.78, 5) is 14.7. The van der Waals surface area contributed by atoms with Gasteiger partial charge < -0.3 is 14.4 Å². The second kappa shape index (κ2) is 13.6. The number of rotatable bonds is 11. The van der Waals surface area contributed by atoms with Crippen molar-refractivity contribution in [1.82, 2.24) is 10.2 Å². The van der Waals surface area contributed by atoms with Crippen LogP contribution in [-0.4, -0.2) is 42.2 Å². The summed E-state index contributed by atoms with van der Waals surface area (Å²) in [7, 11) is 0. The Morgan fingerprint density at radius 2 is 1.53 bits per heavy atom. The molecule has 0 spiro atoms. The second-order valence-corrected chi connectivity index (χ2v) is 7.81. The predicted molar refractivity (Wildman–Crippen MR) is 136 cm³/mol. The van der Waals surface area contributed by atoms with Gasteiger partial charge in [-0.3, -0.25) is 10.1 Å². The minimum absolute atomic E-state index is 0.304. The minimum atomic E-state index is -0.322. The summed E-state index contributed by atoms with van der Waals surface area (Å²) in [5, 5.41) is 12.1. The highest BCUT2D eigenvalue weighted by Gasteiger charge is 2.14. The van der Waals surface area contributed by atoms with Gasteiger partial charge in [-0.25, -0.2) is 0 Å². The van der Waals surface area contributed by atoms with Crippen LogP contribution >= 0.6 is 12.2 Å². The van der Waals surface area contributed by atoms with Gasteiger partial charge in [-0.2, -0.15) is 5.26 Å². The fraction of sp³-hybridized carbons (Fsp3) is 0.222. The first-order valence-electron chi connectivity index (χ1n) is 11.1. The highest BCUT2D eigenvalue weighted by molar-refractivity contribution is 7.80. The van der Waals surface area contributed by atoms with Crippen LogP contribution in [0.5, 0.6) is 11.5 Å². The Morgan fingerprint density at radius 3 is 2.24 bits per heavy atom. The SMILES string of the molecule is N#CCCN(CCc1ccccc1)C(=S)NC(=O)c1cccc(OCCOc2ccccc2)c1. The molecule has 0 radical (unpaired) electrons. The average molecular weight is 474 g/mol. The number of amides is 1. The van der Waals surface area contributed by atoms with Crippen molar-refractivity contribution in [1.29, 1.82) is 5.26 Å². The standard InChI is InChI=1S/C27H27N3O3S/c28-16-8-17-30(18-15-22-9-3-1-4-10-22)27(34)29-26(31)23-11-7-14-25(21-23)33-20-19-32-24-12-5-2-6-13-24/h1-7,9-14,21H,8,15,17-20H2,(H,29,31,34). The van der Waals surface area contributed by atoms with E-state index in [0.29, 0.717) is 49.1 Å². The molecular weight excluding hydrogens is 446 g/mol. The number of thiocarbonyl (C=S) groups is 1. The molecule has 0 aliphatic carbocycles. The fourth-order valence-corrected chi connectivity index (χ4v) is 3.50. The lowest BCUT2D eigenvalue weighted by molar-refractivity contribution is 0.0973. The number of ether oxygens (including phenoxy) is 2. The molecule has 0 unspecified atom stereocenters. The molecule has 34 heavy (non-hydrogen) atoms. The largest absolute Gasteiger partial charge is 0.490 e. The Kier molecular flexibility index (Phi) is 9.91. The molecule has 6 nitrogen and oxygen atoms in total. The average Bonchev–Trinajstić information content (AvgIpc) is 2.88. The number of hydrogen-bond donors (Lipinski definition) is 1. The molecule has 3 aromatic carbocycles. The summed E-state index contributed by atoms with van der Waals surface area (Å²) >= 11 is 5.48. The molecular formula is C27H27N3O3S. The summed E-state index contributed by atoms with van der Waals surface area (Å²) in [6.45, 7) is 1.79. The van der Waals surface area contributed by atoms with E-state index < -0.39 is 0 Å². The molecule has 0 saturated heterocycles. The van der Waals surface area contributed by atoms with Gasteiger partial charge in [-0.05, 0) is 54.5 Å². The smallest absolute Gasteiger partial charge is 0.257 e. The number of nitrogens with zero attached hydrogens (tertiary/aromatic N) is 2. The number of para-hydroxylation sites is 1. The van der Waals surface area contributed by atoms with E-state index in [1.54, 1.807) is 24.3 Å². The number of carbonyl (C=O) groups is 1. The van der Waals surface area contributed by atoms with E-state index in [-0.39, 0.29) is 5.91 Å². The number of nitrogens with one attached hydrogen (secondary N) is 1. The van der Waals surface area contributed by atoms with Crippen LogP contribution in [0.25, 0.3) is 0 Å². The molecule has 1 amide bonds. The lowest BCUT2D eigenvalue weighted by Crippen LogP contribution is -2.44. The van der Waals surface area contributed by atoms with Crippen LogP contribution in [0, 0.1) is 11.3 Å². The van der Waals surface area contributed by atoms with Gasteiger partial charge in [-0.15, -0.1) is 0 Å². The van der Waals surface area contributed by atoms with Gasteiger partial charge in [0.1, 0.15) is 24.7 Å². The maximum Gasteiger partial charge on any atom is 0.257 e. The monoisotopic (exact) mass is 473 g/mol. The first kappa shape index (κ1) is 24.7. The third-order valence-electron chi connectivity index (χ3n) is 4.97. The topological polar surface area (TPSA) is 74.6 Å². The molecule has 0 bridgehead atoms. The van der Waals surface area contributed by atoms with Crippen molar-refractivity contribution in [3.8, 4) is 17.6 Å². The van der Waals surface area contributed by atoms with Crippen LogP contribution in [0.3, 0.4) is 0 Å². The third-order valence-corrected chi connectivity index (χ3v) is 5.33. The summed E-state index contributed by atoms with van der Waals surface area (Å²) in [5.41, 5.74) is 1.60. The molecule has 7 heteroatoms. The molecule has 0 aromatic heterocycles. The summed E-state index contributed by atoms with van der Waals surface area (Å²) < 4.78 is 11.3. The van der Waals surface area contributed by atoms with E-state index in [9.17, 15) is 4.79 Å². The maximum absolute atomic E-state index is 12.8. The Balaban J connectivity index is 1.51. The highest BCUT2D eigenvalue weighted by atomic mass is 32.1. The molecule has 0 fully saturated rings. The predicted octanol–water partition coefficient (Wildman–Crippen LogP) is 4.62. The zero-order valence-electron chi connectivity index (χ0n) is 18.9. The zero-order valence-corrected chi connectivity index (χ0v) is 19.7. The molecule has 0 aliphatic heterocycles. The van der Waals surface area contributed by atoms with Gasteiger partial charge >= 0.3 is 0 Å². The van der Waals surface area contributed by atoms with Crippen LogP contribution < -0.4 is 14.8 Å². The Labute approximate surface area is 205 Å². The first-order valence-corrected chi connectivity index (χ1v) is 11.5. The van der Waals surface area contributed by atoms with Gasteiger partial charge in [0.15, 0.2) is 5.11 Å². The van der Waals surface area contributed by atoms with Crippen molar-refractivity contribution >= 4 is 23.2 Å². The number of carbonyl (C=O) groups excluding carboxylic acids is 1. The molecule has 174 valence electrons. The van der Waals surface area contributed by atoms with E-state index in [1.165, 1.54) is 5.56 Å². The van der Waals surface area contributed by atoms with E-state index in [4.69, 9.17) is 27.0 Å². The van der Waals surface area contributed by atoms with Gasteiger partial charge in [0.05, 0.1) is 12.5 Å². The fourth-order valence-electron chi connectivity index (χ4n) is 3.22. The second-order valence-electron chi connectivity index (χ2n) is 7.43. The summed E-state index contributed by atoms with van der Waals surface area (Å²) in [6.07, 6.45) is 1.08. The lowest BCUT2D eigenvalue weighted by atomic mass is 10.1. The number of benzene rings is 3. The molecule has 0 saturated carbocycles. The molecule has 1 N–H and O–H groups in total. The van der Waals surface area contributed by atoms with E-state index in [1.807, 2.05) is 65.6 Å². The van der Waals surface area contributed by atoms with Crippen molar-refractivity contribution in [3.05, 3.63) is 96.1 Å². The Morgan fingerprint density at radius 1 is 0.882 bits per heavy atom. The highest BCUT2D eigenvalue weighted by Crippen LogP contribution is 2.14. The summed E-state index contributed by atoms with van der Waals surface area (Å²) in [5.74, 6) is 1.03. The van der Waals surface area contributed by atoms with Crippen LogP contribution in [0.1, 0.15) is 22.3 Å². The van der Waals surface area contributed by atoms with Crippen LogP contribution in [0.15, 0.2) is 84.9 Å². The molecule has 3 rings (SSSR count). The van der Waals surface area contributed by atoms with Crippen LogP contribution in [0.4, 0.5) is 0 Å². The van der Waals surface area contributed by atoms with Crippen molar-refractivity contribution in [2.24, 2.45) is 0 Å². The Hall–Kier alpha value is -3.89. The van der Waals surface area contributed by atoms with Crippen LogP contribution in [0.2, 0.25) is 0 Å². The van der Waals surface area contributed by atoms with E-state index in [0.717, 1.165) is 12.2 Å². The van der Waals surface area contributed by atoms with E-state index in [2.05, 4.69) is 11.4 Å². The normalized spacial score (nSPS) is 10.1.